The highest BCUT2D eigenvalue weighted by Gasteiger charge is 2.18. The zero-order valence-electron chi connectivity index (χ0n) is 10.6. The van der Waals surface area contributed by atoms with Gasteiger partial charge in [0.15, 0.2) is 0 Å². The predicted octanol–water partition coefficient (Wildman–Crippen LogP) is 2.63. The Balaban J connectivity index is 0.00000180. The molecule has 0 radical (unpaired) electrons. The van der Waals surface area contributed by atoms with Crippen molar-refractivity contribution < 1.29 is 13.5 Å². The lowest BCUT2D eigenvalue weighted by Crippen LogP contribution is -2.42. The molecule has 1 atom stereocenters. The summed E-state index contributed by atoms with van der Waals surface area (Å²) in [5, 5.41) is 0. The van der Waals surface area contributed by atoms with E-state index in [1.807, 2.05) is 12.1 Å². The van der Waals surface area contributed by atoms with Crippen LogP contribution in [0.4, 0.5) is 8.78 Å². The Hall–Kier alpha value is -0.910. The van der Waals surface area contributed by atoms with Crippen LogP contribution in [-0.2, 0) is 6.54 Å². The average molecular weight is 293 g/mol. The molecule has 3 nitrogen and oxygen atoms in total. The third-order valence-corrected chi connectivity index (χ3v) is 3.12. The minimum atomic E-state index is -2.78. The number of alkyl halides is 2. The first kappa shape index (κ1) is 16.1. The molecule has 1 heterocycles. The van der Waals surface area contributed by atoms with Gasteiger partial charge in [-0.2, -0.15) is 8.78 Å². The average Bonchev–Trinajstić information content (AvgIpc) is 2.31. The van der Waals surface area contributed by atoms with Crippen molar-refractivity contribution in [3.63, 3.8) is 0 Å². The van der Waals surface area contributed by atoms with Gasteiger partial charge in [-0.25, -0.2) is 0 Å². The van der Waals surface area contributed by atoms with Gasteiger partial charge >= 0.3 is 6.61 Å². The molecule has 0 unspecified atom stereocenters. The summed E-state index contributed by atoms with van der Waals surface area (Å²) < 4.78 is 29.1. The van der Waals surface area contributed by atoms with Crippen LogP contribution in [0.15, 0.2) is 24.3 Å². The van der Waals surface area contributed by atoms with E-state index in [0.717, 1.165) is 31.5 Å². The molecule has 6 heteroatoms. The Morgan fingerprint density at radius 2 is 2.11 bits per heavy atom. The molecular formula is C13H19ClF2N2O. The molecule has 2 rings (SSSR count). The molecule has 1 aliphatic heterocycles. The number of rotatable bonds is 4. The number of halogens is 3. The number of hydrogen-bond donors (Lipinski definition) is 1. The Bertz CT molecular complexity index is 393. The summed E-state index contributed by atoms with van der Waals surface area (Å²) in [7, 11) is 0. The Labute approximate surface area is 118 Å². The number of benzene rings is 1. The minimum absolute atomic E-state index is 0. The van der Waals surface area contributed by atoms with Crippen molar-refractivity contribution in [2.24, 2.45) is 5.73 Å². The van der Waals surface area contributed by atoms with Crippen LogP contribution in [0.25, 0.3) is 0 Å². The predicted molar refractivity (Wildman–Crippen MR) is 72.8 cm³/mol. The fourth-order valence-electron chi connectivity index (χ4n) is 2.32. The van der Waals surface area contributed by atoms with Crippen molar-refractivity contribution in [3.05, 3.63) is 29.8 Å². The monoisotopic (exact) mass is 292 g/mol. The van der Waals surface area contributed by atoms with Gasteiger partial charge < -0.3 is 10.5 Å². The highest BCUT2D eigenvalue weighted by molar-refractivity contribution is 5.85. The van der Waals surface area contributed by atoms with Crippen molar-refractivity contribution in [2.75, 3.05) is 13.1 Å². The third kappa shape index (κ3) is 4.93. The summed E-state index contributed by atoms with van der Waals surface area (Å²) >= 11 is 0. The second-order valence-electron chi connectivity index (χ2n) is 4.62. The second kappa shape index (κ2) is 7.62. The van der Waals surface area contributed by atoms with Crippen molar-refractivity contribution in [2.45, 2.75) is 32.0 Å². The summed E-state index contributed by atoms with van der Waals surface area (Å²) in [5.41, 5.74) is 6.69. The number of para-hydroxylation sites is 1. The van der Waals surface area contributed by atoms with Crippen LogP contribution in [0.1, 0.15) is 18.4 Å². The molecule has 1 aromatic rings. The normalized spacial score (nSPS) is 20.1. The molecule has 1 aliphatic rings. The van der Waals surface area contributed by atoms with E-state index in [9.17, 15) is 8.78 Å². The molecule has 2 N–H and O–H groups in total. The SMILES string of the molecule is Cl.N[C@H]1CCCN(Cc2ccccc2OC(F)F)C1. The molecule has 1 saturated heterocycles. The van der Waals surface area contributed by atoms with Gasteiger partial charge in [0.25, 0.3) is 0 Å². The van der Waals surface area contributed by atoms with Gasteiger partial charge in [0, 0.05) is 24.7 Å². The molecule has 19 heavy (non-hydrogen) atoms. The summed E-state index contributed by atoms with van der Waals surface area (Å²) in [5.74, 6) is 0.256. The number of nitrogens with two attached hydrogens (primary N) is 1. The van der Waals surface area contributed by atoms with E-state index in [1.165, 1.54) is 0 Å². The lowest BCUT2D eigenvalue weighted by atomic mass is 10.1. The molecule has 0 spiro atoms. The largest absolute Gasteiger partial charge is 0.434 e. The van der Waals surface area contributed by atoms with E-state index in [0.29, 0.717) is 6.54 Å². The summed E-state index contributed by atoms with van der Waals surface area (Å²) in [6.07, 6.45) is 2.09. The third-order valence-electron chi connectivity index (χ3n) is 3.12. The first-order valence-electron chi connectivity index (χ1n) is 6.16. The fourth-order valence-corrected chi connectivity index (χ4v) is 2.32. The Morgan fingerprint density at radius 3 is 2.79 bits per heavy atom. The summed E-state index contributed by atoms with van der Waals surface area (Å²) in [4.78, 5) is 2.18. The van der Waals surface area contributed by atoms with Crippen LogP contribution in [0.2, 0.25) is 0 Å². The van der Waals surface area contributed by atoms with Crippen LogP contribution in [0.3, 0.4) is 0 Å². The molecule has 108 valence electrons. The Morgan fingerprint density at radius 1 is 1.37 bits per heavy atom. The van der Waals surface area contributed by atoms with E-state index < -0.39 is 6.61 Å². The van der Waals surface area contributed by atoms with Crippen molar-refractivity contribution in [3.8, 4) is 5.75 Å². The van der Waals surface area contributed by atoms with E-state index in [-0.39, 0.29) is 24.2 Å². The minimum Gasteiger partial charge on any atom is -0.434 e. The second-order valence-corrected chi connectivity index (χ2v) is 4.62. The quantitative estimate of drug-likeness (QED) is 0.927. The molecular weight excluding hydrogens is 274 g/mol. The van der Waals surface area contributed by atoms with E-state index in [2.05, 4.69) is 9.64 Å². The van der Waals surface area contributed by atoms with Crippen LogP contribution < -0.4 is 10.5 Å². The molecule has 1 fully saturated rings. The fraction of sp³-hybridized carbons (Fsp3) is 0.538. The number of hydrogen-bond acceptors (Lipinski definition) is 3. The van der Waals surface area contributed by atoms with Crippen molar-refractivity contribution in [1.82, 2.24) is 4.90 Å². The standard InChI is InChI=1S/C13H18F2N2O.ClH/c14-13(15)18-12-6-2-1-4-10(12)8-17-7-3-5-11(16)9-17;/h1-2,4,6,11,13H,3,5,7-9,16H2;1H/t11-;/m0./s1. The topological polar surface area (TPSA) is 38.5 Å². The van der Waals surface area contributed by atoms with Gasteiger partial charge in [-0.1, -0.05) is 18.2 Å². The summed E-state index contributed by atoms with van der Waals surface area (Å²) in [6.45, 7) is -0.411. The lowest BCUT2D eigenvalue weighted by Gasteiger charge is -2.31. The van der Waals surface area contributed by atoms with Crippen LogP contribution >= 0.6 is 12.4 Å². The molecule has 1 aromatic carbocycles. The van der Waals surface area contributed by atoms with Gasteiger partial charge in [0.1, 0.15) is 5.75 Å². The van der Waals surface area contributed by atoms with Crippen LogP contribution in [-0.4, -0.2) is 30.6 Å². The van der Waals surface area contributed by atoms with E-state index in [1.54, 1.807) is 12.1 Å². The number of piperidine rings is 1. The summed E-state index contributed by atoms with van der Waals surface area (Å²) in [6, 6.07) is 7.10. The van der Waals surface area contributed by atoms with Gasteiger partial charge in [-0.3, -0.25) is 4.90 Å². The van der Waals surface area contributed by atoms with Crippen LogP contribution in [0, 0.1) is 0 Å². The zero-order valence-corrected chi connectivity index (χ0v) is 11.4. The molecule has 0 bridgehead atoms. The zero-order chi connectivity index (χ0) is 13.0. The van der Waals surface area contributed by atoms with Crippen LogP contribution in [0.5, 0.6) is 5.75 Å². The smallest absolute Gasteiger partial charge is 0.387 e. The maximum absolute atomic E-state index is 12.3. The first-order chi connectivity index (χ1) is 8.65. The maximum atomic E-state index is 12.3. The van der Waals surface area contributed by atoms with Crippen molar-refractivity contribution in [1.29, 1.82) is 0 Å². The molecule has 0 saturated carbocycles. The molecule has 0 amide bonds. The highest BCUT2D eigenvalue weighted by Crippen LogP contribution is 2.23. The van der Waals surface area contributed by atoms with Gasteiger partial charge in [0.05, 0.1) is 0 Å². The van der Waals surface area contributed by atoms with Gasteiger partial charge in [0.2, 0.25) is 0 Å². The number of likely N-dealkylation sites (tertiary alicyclic amines) is 1. The number of nitrogens with zero attached hydrogens (tertiary/aromatic N) is 1. The van der Waals surface area contributed by atoms with E-state index in [4.69, 9.17) is 5.73 Å². The highest BCUT2D eigenvalue weighted by atomic mass is 35.5. The first-order valence-corrected chi connectivity index (χ1v) is 6.16. The number of ether oxygens (including phenoxy) is 1. The molecule has 0 aliphatic carbocycles. The Kier molecular flexibility index (Phi) is 6.48. The maximum Gasteiger partial charge on any atom is 0.387 e. The van der Waals surface area contributed by atoms with Gasteiger partial charge in [-0.15, -0.1) is 12.4 Å². The lowest BCUT2D eigenvalue weighted by molar-refractivity contribution is -0.0508. The van der Waals surface area contributed by atoms with Gasteiger partial charge in [-0.05, 0) is 25.5 Å². The molecule has 0 aromatic heterocycles. The van der Waals surface area contributed by atoms with Crippen molar-refractivity contribution >= 4 is 12.4 Å². The van der Waals surface area contributed by atoms with E-state index >= 15 is 0 Å².